The first kappa shape index (κ1) is 9.54. The number of allylic oxidation sites excluding steroid dienone is 1. The first-order valence-electron chi connectivity index (χ1n) is 4.83. The quantitative estimate of drug-likeness (QED) is 0.679. The van der Waals surface area contributed by atoms with Gasteiger partial charge in [0, 0.05) is 36.1 Å². The van der Waals surface area contributed by atoms with E-state index in [0.717, 1.165) is 0 Å². The molecule has 0 aliphatic heterocycles. The molecule has 1 aromatic carbocycles. The standard InChI is InChI=1S/C13H12N2/c1-10(8-14)7-11-9-15(2)13-6-4-3-5-12(11)13/h3-6,9H,1,7H2,2H3. The maximum Gasteiger partial charge on any atom is 0.0944 e. The number of hydrogen-bond acceptors (Lipinski definition) is 1. The fourth-order valence-corrected chi connectivity index (χ4v) is 1.84. The van der Waals surface area contributed by atoms with Crippen LogP contribution in [0.2, 0.25) is 0 Å². The molecule has 0 aliphatic carbocycles. The van der Waals surface area contributed by atoms with Crippen LogP contribution in [-0.2, 0) is 13.5 Å². The highest BCUT2D eigenvalue weighted by Crippen LogP contribution is 2.22. The molecular weight excluding hydrogens is 184 g/mol. The summed E-state index contributed by atoms with van der Waals surface area (Å²) in [7, 11) is 2.01. The van der Waals surface area contributed by atoms with Crippen molar-refractivity contribution in [2.24, 2.45) is 7.05 Å². The summed E-state index contributed by atoms with van der Waals surface area (Å²) in [5.74, 6) is 0. The van der Waals surface area contributed by atoms with Crippen LogP contribution in [0.25, 0.3) is 10.9 Å². The first-order chi connectivity index (χ1) is 7.22. The molecule has 0 amide bonds. The van der Waals surface area contributed by atoms with Crippen molar-refractivity contribution in [1.82, 2.24) is 4.57 Å². The highest BCUT2D eigenvalue weighted by molar-refractivity contribution is 5.84. The van der Waals surface area contributed by atoms with Gasteiger partial charge in [-0.2, -0.15) is 5.26 Å². The second-order valence-corrected chi connectivity index (χ2v) is 3.67. The predicted octanol–water partition coefficient (Wildman–Crippen LogP) is 2.80. The number of fused-ring (bicyclic) bond motifs is 1. The smallest absolute Gasteiger partial charge is 0.0944 e. The Morgan fingerprint density at radius 1 is 1.47 bits per heavy atom. The van der Waals surface area contributed by atoms with Gasteiger partial charge >= 0.3 is 0 Å². The van der Waals surface area contributed by atoms with Gasteiger partial charge in [0.2, 0.25) is 0 Å². The number of hydrogen-bond donors (Lipinski definition) is 0. The number of para-hydroxylation sites is 1. The molecule has 0 aliphatic rings. The van der Waals surface area contributed by atoms with Gasteiger partial charge in [0.1, 0.15) is 0 Å². The zero-order chi connectivity index (χ0) is 10.8. The Morgan fingerprint density at radius 3 is 2.93 bits per heavy atom. The summed E-state index contributed by atoms with van der Waals surface area (Å²) in [6, 6.07) is 10.3. The van der Waals surface area contributed by atoms with Crippen LogP contribution >= 0.6 is 0 Å². The van der Waals surface area contributed by atoms with Crippen LogP contribution in [-0.4, -0.2) is 4.57 Å². The molecule has 1 aromatic heterocycles. The van der Waals surface area contributed by atoms with Crippen LogP contribution < -0.4 is 0 Å². The van der Waals surface area contributed by atoms with E-state index in [1.165, 1.54) is 16.5 Å². The number of aromatic nitrogens is 1. The molecular formula is C13H12N2. The van der Waals surface area contributed by atoms with E-state index in [2.05, 4.69) is 35.5 Å². The molecule has 0 bridgehead atoms. The van der Waals surface area contributed by atoms with Gasteiger partial charge in [-0.15, -0.1) is 0 Å². The Hall–Kier alpha value is -2.01. The summed E-state index contributed by atoms with van der Waals surface area (Å²) >= 11 is 0. The molecule has 2 rings (SSSR count). The van der Waals surface area contributed by atoms with Gasteiger partial charge in [0.05, 0.1) is 6.07 Å². The molecule has 2 heteroatoms. The number of aryl methyl sites for hydroxylation is 1. The fourth-order valence-electron chi connectivity index (χ4n) is 1.84. The normalized spacial score (nSPS) is 10.1. The minimum absolute atomic E-state index is 0.603. The monoisotopic (exact) mass is 196 g/mol. The summed E-state index contributed by atoms with van der Waals surface area (Å²) in [5, 5.41) is 9.92. The maximum atomic E-state index is 8.72. The minimum Gasteiger partial charge on any atom is -0.350 e. The van der Waals surface area contributed by atoms with Crippen molar-refractivity contribution >= 4 is 10.9 Å². The van der Waals surface area contributed by atoms with E-state index in [-0.39, 0.29) is 0 Å². The molecule has 1 heterocycles. The van der Waals surface area contributed by atoms with Crippen molar-refractivity contribution in [1.29, 1.82) is 5.26 Å². The van der Waals surface area contributed by atoms with Crippen molar-refractivity contribution in [3.05, 3.63) is 48.2 Å². The van der Waals surface area contributed by atoms with Gasteiger partial charge in [0.15, 0.2) is 0 Å². The fraction of sp³-hybridized carbons (Fsp3) is 0.154. The summed E-state index contributed by atoms with van der Waals surface area (Å²) in [6.45, 7) is 3.71. The third kappa shape index (κ3) is 1.64. The van der Waals surface area contributed by atoms with Gasteiger partial charge in [0.25, 0.3) is 0 Å². The SMILES string of the molecule is C=C(C#N)Cc1cn(C)c2ccccc12. The van der Waals surface area contributed by atoms with Crippen molar-refractivity contribution < 1.29 is 0 Å². The predicted molar refractivity (Wildman–Crippen MR) is 61.4 cm³/mol. The van der Waals surface area contributed by atoms with Crippen LogP contribution in [0.15, 0.2) is 42.6 Å². The highest BCUT2D eigenvalue weighted by atomic mass is 14.9. The molecule has 2 aromatic rings. The van der Waals surface area contributed by atoms with Crippen LogP contribution in [0, 0.1) is 11.3 Å². The summed E-state index contributed by atoms with van der Waals surface area (Å²) in [4.78, 5) is 0. The van der Waals surface area contributed by atoms with Gasteiger partial charge in [-0.25, -0.2) is 0 Å². The van der Waals surface area contributed by atoms with E-state index in [4.69, 9.17) is 5.26 Å². The van der Waals surface area contributed by atoms with Gasteiger partial charge < -0.3 is 4.57 Å². The lowest BCUT2D eigenvalue weighted by atomic mass is 10.1. The summed E-state index contributed by atoms with van der Waals surface area (Å²) in [6.07, 6.45) is 2.70. The Kier molecular flexibility index (Phi) is 2.31. The Balaban J connectivity index is 2.53. The number of nitrogens with zero attached hydrogens (tertiary/aromatic N) is 2. The number of rotatable bonds is 2. The van der Waals surface area contributed by atoms with E-state index < -0.39 is 0 Å². The zero-order valence-electron chi connectivity index (χ0n) is 8.70. The third-order valence-electron chi connectivity index (χ3n) is 2.54. The molecule has 0 fully saturated rings. The van der Waals surface area contributed by atoms with E-state index in [1.807, 2.05) is 19.2 Å². The van der Waals surface area contributed by atoms with Gasteiger partial charge in [-0.1, -0.05) is 24.8 Å². The number of nitriles is 1. The second-order valence-electron chi connectivity index (χ2n) is 3.67. The average Bonchev–Trinajstić information content (AvgIpc) is 2.57. The minimum atomic E-state index is 0.603. The summed E-state index contributed by atoms with van der Waals surface area (Å²) in [5.41, 5.74) is 2.96. The molecule has 0 radical (unpaired) electrons. The van der Waals surface area contributed by atoms with E-state index in [1.54, 1.807) is 0 Å². The molecule has 0 saturated carbocycles. The van der Waals surface area contributed by atoms with E-state index >= 15 is 0 Å². The Labute approximate surface area is 89.1 Å². The van der Waals surface area contributed by atoms with Crippen LogP contribution in [0.4, 0.5) is 0 Å². The van der Waals surface area contributed by atoms with Crippen molar-refractivity contribution in [2.45, 2.75) is 6.42 Å². The zero-order valence-corrected chi connectivity index (χ0v) is 8.70. The largest absolute Gasteiger partial charge is 0.350 e. The Morgan fingerprint density at radius 2 is 2.20 bits per heavy atom. The molecule has 15 heavy (non-hydrogen) atoms. The number of benzene rings is 1. The molecule has 0 unspecified atom stereocenters. The van der Waals surface area contributed by atoms with Crippen LogP contribution in [0.3, 0.4) is 0 Å². The lowest BCUT2D eigenvalue weighted by Crippen LogP contribution is -1.85. The van der Waals surface area contributed by atoms with Gasteiger partial charge in [-0.3, -0.25) is 0 Å². The maximum absolute atomic E-state index is 8.72. The first-order valence-corrected chi connectivity index (χ1v) is 4.83. The summed E-state index contributed by atoms with van der Waals surface area (Å²) < 4.78 is 2.08. The van der Waals surface area contributed by atoms with Crippen molar-refractivity contribution in [3.63, 3.8) is 0 Å². The molecule has 0 saturated heterocycles. The highest BCUT2D eigenvalue weighted by Gasteiger charge is 2.06. The lowest BCUT2D eigenvalue weighted by molar-refractivity contribution is 0.958. The molecule has 0 atom stereocenters. The molecule has 74 valence electrons. The third-order valence-corrected chi connectivity index (χ3v) is 2.54. The lowest BCUT2D eigenvalue weighted by Gasteiger charge is -1.95. The average molecular weight is 196 g/mol. The molecule has 0 N–H and O–H groups in total. The van der Waals surface area contributed by atoms with Gasteiger partial charge in [-0.05, 0) is 11.6 Å². The second kappa shape index (κ2) is 3.62. The van der Waals surface area contributed by atoms with Crippen LogP contribution in [0.1, 0.15) is 5.56 Å². The molecule has 2 nitrogen and oxygen atoms in total. The van der Waals surface area contributed by atoms with E-state index in [9.17, 15) is 0 Å². The molecule has 0 spiro atoms. The van der Waals surface area contributed by atoms with Crippen molar-refractivity contribution in [3.8, 4) is 6.07 Å². The van der Waals surface area contributed by atoms with Crippen LogP contribution in [0.5, 0.6) is 0 Å². The van der Waals surface area contributed by atoms with E-state index in [0.29, 0.717) is 12.0 Å². The Bertz CT molecular complexity index is 555. The van der Waals surface area contributed by atoms with Crippen molar-refractivity contribution in [2.75, 3.05) is 0 Å². The topological polar surface area (TPSA) is 28.7 Å².